The molecular formula is C22H25ClN4O4. The molecule has 0 atom stereocenters. The zero-order chi connectivity index (χ0) is 21.8. The zero-order valence-electron chi connectivity index (χ0n) is 17.2. The van der Waals surface area contributed by atoms with Crippen molar-refractivity contribution in [3.63, 3.8) is 0 Å². The van der Waals surface area contributed by atoms with Crippen LogP contribution in [0, 0.1) is 10.1 Å². The van der Waals surface area contributed by atoms with E-state index in [1.807, 2.05) is 24.3 Å². The van der Waals surface area contributed by atoms with E-state index in [1.165, 1.54) is 17.7 Å². The average Bonchev–Trinajstić information content (AvgIpc) is 2.81. The molecule has 0 aromatic heterocycles. The monoisotopic (exact) mass is 444 g/mol. The fraction of sp³-hybridized carbons (Fsp3) is 0.409. The molecule has 4 rings (SSSR count). The lowest BCUT2D eigenvalue weighted by Gasteiger charge is -2.36. The number of nitrogens with zero attached hydrogens (tertiary/aromatic N) is 4. The average molecular weight is 445 g/mol. The Morgan fingerprint density at radius 1 is 1.00 bits per heavy atom. The van der Waals surface area contributed by atoms with Gasteiger partial charge in [-0.2, -0.15) is 0 Å². The number of rotatable bonds is 5. The Morgan fingerprint density at radius 2 is 1.68 bits per heavy atom. The zero-order valence-corrected chi connectivity index (χ0v) is 18.0. The number of benzene rings is 2. The summed E-state index contributed by atoms with van der Waals surface area (Å²) >= 11 is 5.96. The fourth-order valence-corrected chi connectivity index (χ4v) is 4.14. The molecule has 2 aliphatic heterocycles. The van der Waals surface area contributed by atoms with Crippen molar-refractivity contribution >= 4 is 28.9 Å². The van der Waals surface area contributed by atoms with E-state index < -0.39 is 4.92 Å². The summed E-state index contributed by atoms with van der Waals surface area (Å²) < 4.78 is 5.41. The summed E-state index contributed by atoms with van der Waals surface area (Å²) in [4.78, 5) is 30.4. The van der Waals surface area contributed by atoms with E-state index in [-0.39, 0.29) is 11.6 Å². The van der Waals surface area contributed by atoms with E-state index in [0.717, 1.165) is 25.3 Å². The molecule has 31 heavy (non-hydrogen) atoms. The van der Waals surface area contributed by atoms with Gasteiger partial charge in [0.25, 0.3) is 11.6 Å². The minimum atomic E-state index is -0.454. The molecule has 2 aromatic carbocycles. The molecule has 0 N–H and O–H groups in total. The van der Waals surface area contributed by atoms with Crippen LogP contribution in [0.15, 0.2) is 42.5 Å². The van der Waals surface area contributed by atoms with Gasteiger partial charge in [-0.3, -0.25) is 19.8 Å². The van der Waals surface area contributed by atoms with Crippen LogP contribution in [0.3, 0.4) is 0 Å². The van der Waals surface area contributed by atoms with Crippen LogP contribution in [0.5, 0.6) is 0 Å². The molecule has 8 nitrogen and oxygen atoms in total. The van der Waals surface area contributed by atoms with Crippen LogP contribution in [-0.2, 0) is 11.3 Å². The Hall–Kier alpha value is -2.68. The minimum Gasteiger partial charge on any atom is -0.378 e. The van der Waals surface area contributed by atoms with Gasteiger partial charge < -0.3 is 14.5 Å². The molecule has 2 aliphatic rings. The molecule has 2 saturated heterocycles. The standard InChI is InChI=1S/C22H25ClN4O4/c23-18-3-1-17(2-4-18)16-24-7-9-26(10-8-24)22(28)20-15-19(27(29)30)5-6-21(20)25-11-13-31-14-12-25/h1-6,15H,7-14,16H2. The SMILES string of the molecule is O=C(c1cc([N+](=O)[O-])ccc1N1CCOCC1)N1CCN(Cc2ccc(Cl)cc2)CC1. The minimum absolute atomic E-state index is 0.0678. The third kappa shape index (κ3) is 5.15. The largest absolute Gasteiger partial charge is 0.378 e. The molecule has 2 fully saturated rings. The number of carbonyl (C=O) groups excluding carboxylic acids is 1. The van der Waals surface area contributed by atoms with E-state index in [0.29, 0.717) is 50.0 Å². The van der Waals surface area contributed by atoms with Crippen LogP contribution < -0.4 is 4.90 Å². The van der Waals surface area contributed by atoms with Gasteiger partial charge in [0, 0.05) is 63.0 Å². The van der Waals surface area contributed by atoms with Crippen LogP contribution in [0.1, 0.15) is 15.9 Å². The van der Waals surface area contributed by atoms with E-state index in [1.54, 1.807) is 11.0 Å². The summed E-state index contributed by atoms with van der Waals surface area (Å²) in [5.74, 6) is -0.156. The van der Waals surface area contributed by atoms with Gasteiger partial charge >= 0.3 is 0 Å². The van der Waals surface area contributed by atoms with Crippen molar-refractivity contribution in [2.45, 2.75) is 6.54 Å². The first-order valence-corrected chi connectivity index (χ1v) is 10.8. The first kappa shape index (κ1) is 21.5. The highest BCUT2D eigenvalue weighted by Gasteiger charge is 2.27. The molecule has 0 radical (unpaired) electrons. The van der Waals surface area contributed by atoms with Gasteiger partial charge in [0.15, 0.2) is 0 Å². The van der Waals surface area contributed by atoms with Gasteiger partial charge in [0.2, 0.25) is 0 Å². The summed E-state index contributed by atoms with van der Waals surface area (Å²) in [7, 11) is 0. The number of halogens is 1. The number of anilines is 1. The molecule has 9 heteroatoms. The lowest BCUT2D eigenvalue weighted by Crippen LogP contribution is -2.48. The Labute approximate surface area is 186 Å². The van der Waals surface area contributed by atoms with Crippen LogP contribution in [0.4, 0.5) is 11.4 Å². The lowest BCUT2D eigenvalue weighted by atomic mass is 10.1. The summed E-state index contributed by atoms with van der Waals surface area (Å²) in [6.07, 6.45) is 0. The van der Waals surface area contributed by atoms with Crippen molar-refractivity contribution < 1.29 is 14.5 Å². The number of morpholine rings is 1. The maximum atomic E-state index is 13.4. The van der Waals surface area contributed by atoms with Crippen molar-refractivity contribution in [2.24, 2.45) is 0 Å². The maximum absolute atomic E-state index is 13.4. The number of nitro benzene ring substituents is 1. The van der Waals surface area contributed by atoms with Gasteiger partial charge in [0.1, 0.15) is 0 Å². The maximum Gasteiger partial charge on any atom is 0.270 e. The van der Waals surface area contributed by atoms with Crippen LogP contribution >= 0.6 is 11.6 Å². The Morgan fingerprint density at radius 3 is 2.32 bits per heavy atom. The van der Waals surface area contributed by atoms with Crippen molar-refractivity contribution in [2.75, 3.05) is 57.4 Å². The van der Waals surface area contributed by atoms with Gasteiger partial charge in [0.05, 0.1) is 29.4 Å². The normalized spacial score (nSPS) is 17.6. The van der Waals surface area contributed by atoms with E-state index >= 15 is 0 Å². The Kier molecular flexibility index (Phi) is 6.70. The van der Waals surface area contributed by atoms with Crippen molar-refractivity contribution in [3.05, 3.63) is 68.7 Å². The highest BCUT2D eigenvalue weighted by molar-refractivity contribution is 6.30. The quantitative estimate of drug-likeness (QED) is 0.521. The van der Waals surface area contributed by atoms with Gasteiger partial charge in [-0.15, -0.1) is 0 Å². The van der Waals surface area contributed by atoms with E-state index in [9.17, 15) is 14.9 Å². The molecule has 2 aromatic rings. The number of hydrogen-bond acceptors (Lipinski definition) is 6. The Balaban J connectivity index is 1.46. The van der Waals surface area contributed by atoms with Crippen molar-refractivity contribution in [1.29, 1.82) is 0 Å². The number of piperazine rings is 1. The van der Waals surface area contributed by atoms with Gasteiger partial charge in [-0.25, -0.2) is 0 Å². The van der Waals surface area contributed by atoms with Crippen molar-refractivity contribution in [1.82, 2.24) is 9.80 Å². The second kappa shape index (κ2) is 9.64. The summed E-state index contributed by atoms with van der Waals surface area (Å²) in [6.45, 7) is 5.93. The molecule has 2 heterocycles. The molecule has 1 amide bonds. The first-order chi connectivity index (χ1) is 15.0. The molecule has 0 saturated carbocycles. The van der Waals surface area contributed by atoms with E-state index in [2.05, 4.69) is 9.80 Å². The predicted molar refractivity (Wildman–Crippen MR) is 119 cm³/mol. The molecule has 0 aliphatic carbocycles. The Bertz CT molecular complexity index is 939. The van der Waals surface area contributed by atoms with Crippen molar-refractivity contribution in [3.8, 4) is 0 Å². The highest BCUT2D eigenvalue weighted by atomic mass is 35.5. The van der Waals surface area contributed by atoms with Crippen LogP contribution in [0.25, 0.3) is 0 Å². The van der Waals surface area contributed by atoms with Crippen LogP contribution in [0.2, 0.25) is 5.02 Å². The topological polar surface area (TPSA) is 79.2 Å². The van der Waals surface area contributed by atoms with Crippen LogP contribution in [-0.4, -0.2) is 73.1 Å². The number of non-ortho nitro benzene ring substituents is 1. The first-order valence-electron chi connectivity index (χ1n) is 10.4. The van der Waals surface area contributed by atoms with Gasteiger partial charge in [-0.05, 0) is 23.8 Å². The second-order valence-corrected chi connectivity index (χ2v) is 8.19. The number of nitro groups is 1. The number of carbonyl (C=O) groups is 1. The second-order valence-electron chi connectivity index (χ2n) is 7.75. The summed E-state index contributed by atoms with van der Waals surface area (Å²) in [5.41, 5.74) is 2.24. The molecular weight excluding hydrogens is 420 g/mol. The lowest BCUT2D eigenvalue weighted by molar-refractivity contribution is -0.384. The van der Waals surface area contributed by atoms with E-state index in [4.69, 9.17) is 16.3 Å². The fourth-order valence-electron chi connectivity index (χ4n) is 4.02. The number of hydrogen-bond donors (Lipinski definition) is 0. The predicted octanol–water partition coefficient (Wildman–Crippen LogP) is 3.04. The third-order valence-corrected chi connectivity index (χ3v) is 6.00. The molecule has 0 unspecified atom stereocenters. The molecule has 164 valence electrons. The molecule has 0 bridgehead atoms. The summed E-state index contributed by atoms with van der Waals surface area (Å²) in [5, 5.41) is 12.0. The number of amides is 1. The smallest absolute Gasteiger partial charge is 0.270 e. The highest BCUT2D eigenvalue weighted by Crippen LogP contribution is 2.28. The number of ether oxygens (including phenoxy) is 1. The summed E-state index contributed by atoms with van der Waals surface area (Å²) in [6, 6.07) is 12.3. The van der Waals surface area contributed by atoms with Gasteiger partial charge in [-0.1, -0.05) is 23.7 Å². The third-order valence-electron chi connectivity index (χ3n) is 5.75. The molecule has 0 spiro atoms.